The highest BCUT2D eigenvalue weighted by atomic mass is 19.1. The highest BCUT2D eigenvalue weighted by Gasteiger charge is 2.30. The van der Waals surface area contributed by atoms with Crippen molar-refractivity contribution in [2.24, 2.45) is 0 Å². The summed E-state index contributed by atoms with van der Waals surface area (Å²) >= 11 is 0. The van der Waals surface area contributed by atoms with Crippen LogP contribution in [0.4, 0.5) is 19.3 Å². The van der Waals surface area contributed by atoms with Crippen molar-refractivity contribution in [3.05, 3.63) is 53.1 Å². The van der Waals surface area contributed by atoms with Crippen molar-refractivity contribution in [2.45, 2.75) is 83.2 Å². The second kappa shape index (κ2) is 10.4. The van der Waals surface area contributed by atoms with Gasteiger partial charge in [0.15, 0.2) is 11.6 Å². The van der Waals surface area contributed by atoms with Gasteiger partial charge in [-0.1, -0.05) is 19.3 Å². The summed E-state index contributed by atoms with van der Waals surface area (Å²) in [5.74, 6) is -0.344. The van der Waals surface area contributed by atoms with Gasteiger partial charge in [-0.15, -0.1) is 0 Å². The van der Waals surface area contributed by atoms with Crippen LogP contribution < -0.4 is 10.5 Å². The number of nitrogens with two attached hydrogens (primary N) is 1. The van der Waals surface area contributed by atoms with E-state index in [-0.39, 0.29) is 17.8 Å². The van der Waals surface area contributed by atoms with Gasteiger partial charge in [0.25, 0.3) is 0 Å². The molecule has 2 fully saturated rings. The van der Waals surface area contributed by atoms with Crippen LogP contribution in [0.2, 0.25) is 0 Å². The third kappa shape index (κ3) is 6.24. The lowest BCUT2D eigenvalue weighted by molar-refractivity contribution is 0.0205. The number of benzene rings is 2. The summed E-state index contributed by atoms with van der Waals surface area (Å²) in [6, 6.07) is 7.28. The number of carbonyl (C=O) groups is 1. The van der Waals surface area contributed by atoms with E-state index in [0.717, 1.165) is 55.7 Å². The number of hydrogen-bond acceptors (Lipinski definition) is 4. The van der Waals surface area contributed by atoms with Crippen LogP contribution in [0.15, 0.2) is 30.3 Å². The molecule has 4 rings (SSSR count). The van der Waals surface area contributed by atoms with Gasteiger partial charge in [-0.3, -0.25) is 0 Å². The van der Waals surface area contributed by atoms with Crippen molar-refractivity contribution in [3.63, 3.8) is 0 Å². The van der Waals surface area contributed by atoms with Crippen LogP contribution in [0.3, 0.4) is 0 Å². The summed E-state index contributed by atoms with van der Waals surface area (Å²) in [5, 5.41) is 0. The first kappa shape index (κ1) is 25.3. The highest BCUT2D eigenvalue weighted by Crippen LogP contribution is 2.44. The Morgan fingerprint density at radius 3 is 2.20 bits per heavy atom. The molecule has 190 valence electrons. The molecule has 2 aliphatic rings. The van der Waals surface area contributed by atoms with Crippen molar-refractivity contribution in [3.8, 4) is 11.5 Å². The number of ether oxygens (including phenoxy) is 2. The molecule has 7 heteroatoms. The van der Waals surface area contributed by atoms with E-state index < -0.39 is 17.2 Å². The number of rotatable bonds is 4. The fourth-order valence-electron chi connectivity index (χ4n) is 5.18. The summed E-state index contributed by atoms with van der Waals surface area (Å²) < 4.78 is 39.5. The minimum Gasteiger partial charge on any atom is -0.454 e. The van der Waals surface area contributed by atoms with Crippen molar-refractivity contribution >= 4 is 11.8 Å². The Balaban J connectivity index is 1.58. The maximum Gasteiger partial charge on any atom is 0.410 e. The van der Waals surface area contributed by atoms with Crippen molar-refractivity contribution < 1.29 is 23.0 Å². The number of hydrogen-bond donors (Lipinski definition) is 1. The van der Waals surface area contributed by atoms with Crippen LogP contribution in [-0.2, 0) is 4.74 Å². The van der Waals surface area contributed by atoms with Crippen LogP contribution in [-0.4, -0.2) is 29.7 Å². The molecule has 0 bridgehead atoms. The summed E-state index contributed by atoms with van der Waals surface area (Å²) in [6.07, 6.45) is 6.76. The van der Waals surface area contributed by atoms with Gasteiger partial charge in [0.05, 0.1) is 0 Å². The molecule has 2 aromatic rings. The van der Waals surface area contributed by atoms with Crippen LogP contribution in [0, 0.1) is 11.6 Å². The third-order valence-corrected chi connectivity index (χ3v) is 6.96. The van der Waals surface area contributed by atoms with E-state index in [0.29, 0.717) is 30.4 Å². The van der Waals surface area contributed by atoms with Crippen LogP contribution >= 0.6 is 0 Å². The van der Waals surface area contributed by atoms with E-state index in [1.807, 2.05) is 32.9 Å². The van der Waals surface area contributed by atoms with E-state index in [4.69, 9.17) is 15.2 Å². The molecule has 1 saturated heterocycles. The second-order valence-corrected chi connectivity index (χ2v) is 10.8. The minimum atomic E-state index is -0.733. The lowest BCUT2D eigenvalue weighted by Crippen LogP contribution is -2.41. The highest BCUT2D eigenvalue weighted by molar-refractivity contribution is 5.68. The van der Waals surface area contributed by atoms with E-state index in [1.165, 1.54) is 18.6 Å². The number of piperidine rings is 1. The van der Waals surface area contributed by atoms with Gasteiger partial charge in [0.1, 0.15) is 17.2 Å². The lowest BCUT2D eigenvalue weighted by atomic mass is 9.81. The Labute approximate surface area is 206 Å². The molecule has 1 heterocycles. The first-order valence-corrected chi connectivity index (χ1v) is 12.6. The number of likely N-dealkylation sites (tertiary alicyclic amines) is 1. The molecule has 0 spiro atoms. The number of nitrogens with zero attached hydrogens (tertiary/aromatic N) is 1. The minimum absolute atomic E-state index is 0.000995. The topological polar surface area (TPSA) is 64.8 Å². The SMILES string of the molecule is CC(C)(C)OC(=O)N1CCC(c2cc(Oc3ccc(F)cc3F)c(C3CCCCC3)cc2N)CC1. The molecular weight excluding hydrogens is 450 g/mol. The first-order chi connectivity index (χ1) is 16.6. The number of nitrogen functional groups attached to an aromatic ring is 1. The molecule has 0 aromatic heterocycles. The molecule has 5 nitrogen and oxygen atoms in total. The van der Waals surface area contributed by atoms with E-state index in [2.05, 4.69) is 0 Å². The van der Waals surface area contributed by atoms with Crippen molar-refractivity contribution in [2.75, 3.05) is 18.8 Å². The van der Waals surface area contributed by atoms with Crippen molar-refractivity contribution in [1.29, 1.82) is 0 Å². The third-order valence-electron chi connectivity index (χ3n) is 6.96. The number of amides is 1. The molecule has 0 radical (unpaired) electrons. The zero-order valence-corrected chi connectivity index (χ0v) is 20.9. The van der Waals surface area contributed by atoms with Gasteiger partial charge in [0, 0.05) is 24.8 Å². The van der Waals surface area contributed by atoms with Gasteiger partial charge >= 0.3 is 6.09 Å². The fourth-order valence-corrected chi connectivity index (χ4v) is 5.18. The largest absolute Gasteiger partial charge is 0.454 e. The molecule has 1 saturated carbocycles. The van der Waals surface area contributed by atoms with Gasteiger partial charge in [-0.25, -0.2) is 13.6 Å². The number of anilines is 1. The average Bonchev–Trinajstić information content (AvgIpc) is 2.81. The molecule has 35 heavy (non-hydrogen) atoms. The van der Waals surface area contributed by atoms with E-state index in [1.54, 1.807) is 4.90 Å². The monoisotopic (exact) mass is 486 g/mol. The maximum absolute atomic E-state index is 14.4. The number of halogens is 2. The van der Waals surface area contributed by atoms with Crippen LogP contribution in [0.25, 0.3) is 0 Å². The Kier molecular flexibility index (Phi) is 7.53. The Hall–Kier alpha value is -2.83. The molecule has 1 aliphatic carbocycles. The van der Waals surface area contributed by atoms with Gasteiger partial charge in [0.2, 0.25) is 0 Å². The lowest BCUT2D eigenvalue weighted by Gasteiger charge is -2.34. The summed E-state index contributed by atoms with van der Waals surface area (Å²) in [6.45, 7) is 6.73. The second-order valence-electron chi connectivity index (χ2n) is 10.8. The molecule has 0 atom stereocenters. The molecule has 1 amide bonds. The summed E-state index contributed by atoms with van der Waals surface area (Å²) in [5.41, 5.74) is 8.67. The van der Waals surface area contributed by atoms with Gasteiger partial charge in [-0.2, -0.15) is 0 Å². The Morgan fingerprint density at radius 1 is 0.914 bits per heavy atom. The smallest absolute Gasteiger partial charge is 0.410 e. The standard InChI is InChI=1S/C28H36F2N2O3/c1-28(2,3)35-27(33)32-13-11-19(12-14-32)21-17-26(34-25-10-9-20(29)15-23(25)30)22(16-24(21)31)18-7-5-4-6-8-18/h9-10,15-19H,4-8,11-14,31H2,1-3H3. The normalized spacial score (nSPS) is 17.9. The Morgan fingerprint density at radius 2 is 1.57 bits per heavy atom. The average molecular weight is 487 g/mol. The van der Waals surface area contributed by atoms with Crippen LogP contribution in [0.1, 0.15) is 88.7 Å². The zero-order valence-electron chi connectivity index (χ0n) is 20.9. The molecule has 2 aromatic carbocycles. The van der Waals surface area contributed by atoms with Gasteiger partial charge in [-0.05, 0) is 93.7 Å². The van der Waals surface area contributed by atoms with Gasteiger partial charge < -0.3 is 20.1 Å². The zero-order chi connectivity index (χ0) is 25.2. The predicted molar refractivity (Wildman–Crippen MR) is 133 cm³/mol. The summed E-state index contributed by atoms with van der Waals surface area (Å²) in [4.78, 5) is 14.2. The first-order valence-electron chi connectivity index (χ1n) is 12.6. The molecular formula is C28H36F2N2O3. The Bertz CT molecular complexity index is 1050. The van der Waals surface area contributed by atoms with Crippen molar-refractivity contribution in [1.82, 2.24) is 4.90 Å². The number of carbonyl (C=O) groups excluding carboxylic acids is 1. The summed E-state index contributed by atoms with van der Waals surface area (Å²) in [7, 11) is 0. The van der Waals surface area contributed by atoms with Crippen LogP contribution in [0.5, 0.6) is 11.5 Å². The molecule has 0 unspecified atom stereocenters. The fraction of sp³-hybridized carbons (Fsp3) is 0.536. The molecule has 1 aliphatic heterocycles. The quantitative estimate of drug-likeness (QED) is 0.455. The predicted octanol–water partition coefficient (Wildman–Crippen LogP) is 7.50. The van der Waals surface area contributed by atoms with E-state index >= 15 is 0 Å². The molecule has 2 N–H and O–H groups in total. The maximum atomic E-state index is 14.4. The van der Waals surface area contributed by atoms with E-state index in [9.17, 15) is 13.6 Å².